The average molecular weight is 321 g/mol. The van der Waals surface area contributed by atoms with Crippen LogP contribution >= 0.6 is 0 Å². The lowest BCUT2D eigenvalue weighted by molar-refractivity contribution is 0.0918. The molecule has 4 heteroatoms. The van der Waals surface area contributed by atoms with Gasteiger partial charge in [-0.2, -0.15) is 0 Å². The van der Waals surface area contributed by atoms with Gasteiger partial charge in [-0.15, -0.1) is 0 Å². The molecule has 24 heavy (non-hydrogen) atoms. The lowest BCUT2D eigenvalue weighted by Gasteiger charge is -2.14. The van der Waals surface area contributed by atoms with Gasteiger partial charge in [0.15, 0.2) is 0 Å². The standard InChI is InChI=1S/C20H19NO3/c1-24-16-9-4-8-15(12-16)19(22)13-21-20(23)18-11-5-7-14-6-2-3-10-17(14)18/h2-12,19,22H,13H2,1H3,(H,21,23). The van der Waals surface area contributed by atoms with Crippen LogP contribution in [-0.2, 0) is 0 Å². The van der Waals surface area contributed by atoms with Crippen molar-refractivity contribution in [2.45, 2.75) is 6.10 Å². The second kappa shape index (κ2) is 7.15. The van der Waals surface area contributed by atoms with Crippen LogP contribution < -0.4 is 10.1 Å². The Morgan fingerprint density at radius 3 is 2.67 bits per heavy atom. The van der Waals surface area contributed by atoms with Crippen LogP contribution in [0.25, 0.3) is 10.8 Å². The average Bonchev–Trinajstić information content (AvgIpc) is 2.65. The van der Waals surface area contributed by atoms with Gasteiger partial charge in [-0.05, 0) is 34.5 Å². The molecular formula is C20H19NO3. The highest BCUT2D eigenvalue weighted by molar-refractivity contribution is 6.07. The molecular weight excluding hydrogens is 302 g/mol. The van der Waals surface area contributed by atoms with Crippen LogP contribution in [0.2, 0.25) is 0 Å². The molecule has 3 aromatic rings. The molecule has 0 aromatic heterocycles. The first-order valence-electron chi connectivity index (χ1n) is 7.77. The van der Waals surface area contributed by atoms with Crippen LogP contribution in [0.15, 0.2) is 66.7 Å². The Labute approximate surface area is 140 Å². The van der Waals surface area contributed by atoms with E-state index in [1.54, 1.807) is 25.3 Å². The smallest absolute Gasteiger partial charge is 0.252 e. The summed E-state index contributed by atoms with van der Waals surface area (Å²) in [6.45, 7) is 0.134. The minimum Gasteiger partial charge on any atom is -0.497 e. The van der Waals surface area contributed by atoms with E-state index in [1.165, 1.54) is 0 Å². The van der Waals surface area contributed by atoms with Crippen molar-refractivity contribution < 1.29 is 14.6 Å². The Morgan fingerprint density at radius 1 is 1.08 bits per heavy atom. The van der Waals surface area contributed by atoms with E-state index in [1.807, 2.05) is 48.5 Å². The van der Waals surface area contributed by atoms with Gasteiger partial charge in [0, 0.05) is 12.1 Å². The maximum absolute atomic E-state index is 12.5. The number of ether oxygens (including phenoxy) is 1. The van der Waals surface area contributed by atoms with Crippen molar-refractivity contribution >= 4 is 16.7 Å². The van der Waals surface area contributed by atoms with Crippen LogP contribution in [0, 0.1) is 0 Å². The highest BCUT2D eigenvalue weighted by Crippen LogP contribution is 2.20. The summed E-state index contributed by atoms with van der Waals surface area (Å²) in [6.07, 6.45) is -0.793. The normalized spacial score (nSPS) is 11.9. The van der Waals surface area contributed by atoms with Gasteiger partial charge < -0.3 is 15.2 Å². The maximum Gasteiger partial charge on any atom is 0.252 e. The Hall–Kier alpha value is -2.85. The minimum absolute atomic E-state index is 0.134. The summed E-state index contributed by atoms with van der Waals surface area (Å²) in [5, 5.41) is 15.0. The molecule has 0 aliphatic carbocycles. The van der Waals surface area contributed by atoms with E-state index in [9.17, 15) is 9.90 Å². The highest BCUT2D eigenvalue weighted by atomic mass is 16.5. The molecule has 4 nitrogen and oxygen atoms in total. The van der Waals surface area contributed by atoms with E-state index in [0.717, 1.165) is 10.8 Å². The molecule has 0 aliphatic heterocycles. The molecule has 122 valence electrons. The molecule has 1 amide bonds. The number of carbonyl (C=O) groups excluding carboxylic acids is 1. The van der Waals surface area contributed by atoms with E-state index >= 15 is 0 Å². The number of benzene rings is 3. The lowest BCUT2D eigenvalue weighted by Crippen LogP contribution is -2.28. The number of amides is 1. The summed E-state index contributed by atoms with van der Waals surface area (Å²) in [7, 11) is 1.58. The fourth-order valence-electron chi connectivity index (χ4n) is 2.67. The summed E-state index contributed by atoms with van der Waals surface area (Å²) in [5.74, 6) is 0.473. The second-order valence-corrected chi connectivity index (χ2v) is 5.53. The first-order valence-corrected chi connectivity index (χ1v) is 7.77. The monoisotopic (exact) mass is 321 g/mol. The Kier molecular flexibility index (Phi) is 4.77. The van der Waals surface area contributed by atoms with Crippen LogP contribution in [0.3, 0.4) is 0 Å². The lowest BCUT2D eigenvalue weighted by atomic mass is 10.0. The first-order chi connectivity index (χ1) is 11.7. The van der Waals surface area contributed by atoms with Crippen LogP contribution in [-0.4, -0.2) is 24.7 Å². The van der Waals surface area contributed by atoms with E-state index in [4.69, 9.17) is 4.74 Å². The zero-order chi connectivity index (χ0) is 16.9. The van der Waals surface area contributed by atoms with Crippen molar-refractivity contribution in [2.24, 2.45) is 0 Å². The molecule has 1 unspecified atom stereocenters. The first kappa shape index (κ1) is 16.0. The summed E-state index contributed by atoms with van der Waals surface area (Å²) in [5.41, 5.74) is 1.30. The Bertz CT molecular complexity index is 855. The molecule has 0 radical (unpaired) electrons. The minimum atomic E-state index is -0.793. The number of nitrogens with one attached hydrogen (secondary N) is 1. The number of hydrogen-bond acceptors (Lipinski definition) is 3. The number of hydrogen-bond donors (Lipinski definition) is 2. The maximum atomic E-state index is 12.5. The van der Waals surface area contributed by atoms with E-state index in [0.29, 0.717) is 16.9 Å². The van der Waals surface area contributed by atoms with E-state index in [-0.39, 0.29) is 12.5 Å². The van der Waals surface area contributed by atoms with Crippen LogP contribution in [0.1, 0.15) is 22.0 Å². The number of aliphatic hydroxyl groups is 1. The Morgan fingerprint density at radius 2 is 1.83 bits per heavy atom. The number of methoxy groups -OCH3 is 1. The number of fused-ring (bicyclic) bond motifs is 1. The molecule has 2 N–H and O–H groups in total. The third-order valence-electron chi connectivity index (χ3n) is 3.97. The topological polar surface area (TPSA) is 58.6 Å². The molecule has 0 saturated heterocycles. The SMILES string of the molecule is COc1cccc(C(O)CNC(=O)c2cccc3ccccc23)c1. The number of carbonyl (C=O) groups is 1. The van der Waals surface area contributed by atoms with Gasteiger partial charge in [-0.25, -0.2) is 0 Å². The van der Waals surface area contributed by atoms with Gasteiger partial charge in [0.2, 0.25) is 0 Å². The number of aliphatic hydroxyl groups excluding tert-OH is 1. The molecule has 0 aliphatic rings. The van der Waals surface area contributed by atoms with Gasteiger partial charge in [-0.3, -0.25) is 4.79 Å². The van der Waals surface area contributed by atoms with Crippen molar-refractivity contribution in [3.63, 3.8) is 0 Å². The quantitative estimate of drug-likeness (QED) is 0.758. The van der Waals surface area contributed by atoms with Crippen molar-refractivity contribution in [1.82, 2.24) is 5.32 Å². The molecule has 0 bridgehead atoms. The fourth-order valence-corrected chi connectivity index (χ4v) is 2.67. The van der Waals surface area contributed by atoms with E-state index < -0.39 is 6.10 Å². The molecule has 1 atom stereocenters. The second-order valence-electron chi connectivity index (χ2n) is 5.53. The van der Waals surface area contributed by atoms with Gasteiger partial charge in [0.05, 0.1) is 13.2 Å². The Balaban J connectivity index is 1.72. The predicted octanol–water partition coefficient (Wildman–Crippen LogP) is 3.31. The zero-order valence-electron chi connectivity index (χ0n) is 13.4. The molecule has 0 fully saturated rings. The van der Waals surface area contributed by atoms with Crippen molar-refractivity contribution in [2.75, 3.05) is 13.7 Å². The number of rotatable bonds is 5. The fraction of sp³-hybridized carbons (Fsp3) is 0.150. The zero-order valence-corrected chi connectivity index (χ0v) is 13.4. The molecule has 0 spiro atoms. The third kappa shape index (κ3) is 3.39. The summed E-state index contributed by atoms with van der Waals surface area (Å²) in [6, 6.07) is 20.5. The van der Waals surface area contributed by atoms with Crippen molar-refractivity contribution in [3.05, 3.63) is 77.9 Å². The third-order valence-corrected chi connectivity index (χ3v) is 3.97. The van der Waals surface area contributed by atoms with Gasteiger partial charge >= 0.3 is 0 Å². The van der Waals surface area contributed by atoms with E-state index in [2.05, 4.69) is 5.32 Å². The van der Waals surface area contributed by atoms with Crippen LogP contribution in [0.5, 0.6) is 5.75 Å². The van der Waals surface area contributed by atoms with Gasteiger partial charge in [0.25, 0.3) is 5.91 Å². The van der Waals surface area contributed by atoms with Crippen LogP contribution in [0.4, 0.5) is 0 Å². The summed E-state index contributed by atoms with van der Waals surface area (Å²) >= 11 is 0. The summed E-state index contributed by atoms with van der Waals surface area (Å²) in [4.78, 5) is 12.5. The molecule has 0 saturated carbocycles. The van der Waals surface area contributed by atoms with Crippen molar-refractivity contribution in [3.8, 4) is 5.75 Å². The molecule has 3 aromatic carbocycles. The molecule has 0 heterocycles. The van der Waals surface area contributed by atoms with Gasteiger partial charge in [-0.1, -0.05) is 48.5 Å². The van der Waals surface area contributed by atoms with Gasteiger partial charge in [0.1, 0.15) is 5.75 Å². The largest absolute Gasteiger partial charge is 0.497 e. The molecule has 3 rings (SSSR count). The van der Waals surface area contributed by atoms with Crippen molar-refractivity contribution in [1.29, 1.82) is 0 Å². The summed E-state index contributed by atoms with van der Waals surface area (Å²) < 4.78 is 5.15. The predicted molar refractivity (Wildman–Crippen MR) is 94.2 cm³/mol. The highest BCUT2D eigenvalue weighted by Gasteiger charge is 2.13.